The Morgan fingerprint density at radius 2 is 1.84 bits per heavy atom. The number of anilines is 2. The number of rotatable bonds is 5. The Balaban J connectivity index is 2.08. The third-order valence-electron chi connectivity index (χ3n) is 3.25. The number of hydrogen-bond acceptors (Lipinski definition) is 4. The molecule has 0 unspecified atom stereocenters. The van der Waals surface area contributed by atoms with Crippen molar-refractivity contribution in [2.24, 2.45) is 7.05 Å². The molecule has 102 valence electrons. The Bertz CT molecular complexity index is 559. The molecule has 0 fully saturated rings. The van der Waals surface area contributed by atoms with Crippen LogP contribution in [-0.2, 0) is 13.6 Å². The summed E-state index contributed by atoms with van der Waals surface area (Å²) >= 11 is 0. The maximum absolute atomic E-state index is 4.42. The Morgan fingerprint density at radius 3 is 2.42 bits per heavy atom. The Kier molecular flexibility index (Phi) is 4.04. The lowest BCUT2D eigenvalue weighted by Crippen LogP contribution is -2.04. The topological polar surface area (TPSA) is 54.8 Å². The highest BCUT2D eigenvalue weighted by Gasteiger charge is 2.08. The third kappa shape index (κ3) is 3.05. The number of hydrogen-bond donors (Lipinski definition) is 2. The summed E-state index contributed by atoms with van der Waals surface area (Å²) in [5.41, 5.74) is 5.56. The van der Waals surface area contributed by atoms with Gasteiger partial charge < -0.3 is 10.6 Å². The highest BCUT2D eigenvalue weighted by Crippen LogP contribution is 2.17. The molecular weight excluding hydrogens is 238 g/mol. The summed E-state index contributed by atoms with van der Waals surface area (Å²) in [6, 6.07) is 2.07. The van der Waals surface area contributed by atoms with Crippen molar-refractivity contribution in [3.05, 3.63) is 35.4 Å². The summed E-state index contributed by atoms with van der Waals surface area (Å²) in [4.78, 5) is 4.22. The second-order valence-electron chi connectivity index (χ2n) is 4.62. The predicted molar refractivity (Wildman–Crippen MR) is 78.4 cm³/mol. The molecule has 0 radical (unpaired) electrons. The van der Waals surface area contributed by atoms with Gasteiger partial charge in [-0.2, -0.15) is 5.10 Å². The van der Waals surface area contributed by atoms with E-state index in [1.54, 1.807) is 0 Å². The van der Waals surface area contributed by atoms with Gasteiger partial charge in [0.1, 0.15) is 0 Å². The standard InChI is InChI=1S/C14H21N5/c1-5-16-12-6-13(8-15-7-12)17-9-14-10(2)18-19(4)11(14)3/h6-8,16-17H,5,9H2,1-4H3. The van der Waals surface area contributed by atoms with Crippen molar-refractivity contribution < 1.29 is 0 Å². The maximum Gasteiger partial charge on any atom is 0.0646 e. The van der Waals surface area contributed by atoms with E-state index in [-0.39, 0.29) is 0 Å². The van der Waals surface area contributed by atoms with Crippen molar-refractivity contribution in [3.8, 4) is 0 Å². The second kappa shape index (κ2) is 5.73. The molecule has 0 saturated heterocycles. The van der Waals surface area contributed by atoms with Crippen molar-refractivity contribution in [1.29, 1.82) is 0 Å². The van der Waals surface area contributed by atoms with E-state index < -0.39 is 0 Å². The van der Waals surface area contributed by atoms with Crippen LogP contribution in [0.5, 0.6) is 0 Å². The Labute approximate surface area is 114 Å². The van der Waals surface area contributed by atoms with Gasteiger partial charge >= 0.3 is 0 Å². The number of aromatic nitrogens is 3. The second-order valence-corrected chi connectivity index (χ2v) is 4.62. The SMILES string of the molecule is CCNc1cncc(NCc2c(C)nn(C)c2C)c1. The lowest BCUT2D eigenvalue weighted by molar-refractivity contribution is 0.730. The van der Waals surface area contributed by atoms with Crippen LogP contribution in [0, 0.1) is 13.8 Å². The van der Waals surface area contributed by atoms with Gasteiger partial charge in [-0.25, -0.2) is 0 Å². The van der Waals surface area contributed by atoms with Crippen LogP contribution in [-0.4, -0.2) is 21.3 Å². The fraction of sp³-hybridized carbons (Fsp3) is 0.429. The van der Waals surface area contributed by atoms with Crippen LogP contribution in [0.1, 0.15) is 23.9 Å². The molecular formula is C14H21N5. The lowest BCUT2D eigenvalue weighted by Gasteiger charge is -2.09. The van der Waals surface area contributed by atoms with E-state index in [1.165, 1.54) is 11.3 Å². The van der Waals surface area contributed by atoms with Gasteiger partial charge in [0.05, 0.1) is 29.5 Å². The lowest BCUT2D eigenvalue weighted by atomic mass is 10.2. The van der Waals surface area contributed by atoms with Crippen LogP contribution in [0.25, 0.3) is 0 Å². The summed E-state index contributed by atoms with van der Waals surface area (Å²) in [6.45, 7) is 7.86. The van der Waals surface area contributed by atoms with Gasteiger partial charge in [-0.3, -0.25) is 9.67 Å². The minimum atomic E-state index is 0.767. The molecule has 0 aliphatic heterocycles. The van der Waals surface area contributed by atoms with Crippen LogP contribution in [0.15, 0.2) is 18.5 Å². The first-order valence-electron chi connectivity index (χ1n) is 6.53. The number of nitrogens with one attached hydrogen (secondary N) is 2. The highest BCUT2D eigenvalue weighted by atomic mass is 15.3. The van der Waals surface area contributed by atoms with Crippen LogP contribution in [0.3, 0.4) is 0 Å². The molecule has 0 spiro atoms. The summed E-state index contributed by atoms with van der Waals surface area (Å²) < 4.78 is 1.92. The molecule has 19 heavy (non-hydrogen) atoms. The van der Waals surface area contributed by atoms with Gasteiger partial charge in [-0.1, -0.05) is 0 Å². The molecule has 2 N–H and O–H groups in total. The first-order valence-corrected chi connectivity index (χ1v) is 6.53. The molecule has 0 atom stereocenters. The molecule has 5 nitrogen and oxygen atoms in total. The average molecular weight is 259 g/mol. The zero-order chi connectivity index (χ0) is 13.8. The predicted octanol–water partition coefficient (Wildman–Crippen LogP) is 2.48. The van der Waals surface area contributed by atoms with E-state index in [9.17, 15) is 0 Å². The quantitative estimate of drug-likeness (QED) is 0.866. The van der Waals surface area contributed by atoms with E-state index in [0.717, 1.165) is 30.2 Å². The molecule has 2 heterocycles. The molecule has 5 heteroatoms. The van der Waals surface area contributed by atoms with E-state index in [1.807, 2.05) is 31.0 Å². The summed E-state index contributed by atoms with van der Waals surface area (Å²) in [5.74, 6) is 0. The first-order chi connectivity index (χ1) is 9.11. The van der Waals surface area contributed by atoms with Crippen molar-refractivity contribution in [1.82, 2.24) is 14.8 Å². The monoisotopic (exact) mass is 259 g/mol. The smallest absolute Gasteiger partial charge is 0.0646 e. The molecule has 0 bridgehead atoms. The summed E-state index contributed by atoms with van der Waals surface area (Å²) in [6.07, 6.45) is 3.66. The molecule has 0 aliphatic rings. The molecule has 0 amide bonds. The van der Waals surface area contributed by atoms with Crippen LogP contribution in [0.4, 0.5) is 11.4 Å². The van der Waals surface area contributed by atoms with Crippen molar-refractivity contribution in [2.75, 3.05) is 17.2 Å². The minimum absolute atomic E-state index is 0.767. The van der Waals surface area contributed by atoms with E-state index in [0.29, 0.717) is 0 Å². The third-order valence-corrected chi connectivity index (χ3v) is 3.25. The molecule has 0 aliphatic carbocycles. The van der Waals surface area contributed by atoms with E-state index in [2.05, 4.69) is 40.6 Å². The molecule has 2 aromatic rings. The molecule has 0 saturated carbocycles. The summed E-state index contributed by atoms with van der Waals surface area (Å²) in [7, 11) is 1.97. The normalized spacial score (nSPS) is 10.5. The van der Waals surface area contributed by atoms with Crippen molar-refractivity contribution in [3.63, 3.8) is 0 Å². The van der Waals surface area contributed by atoms with Gasteiger partial charge in [0.2, 0.25) is 0 Å². The number of aryl methyl sites for hydroxylation is 2. The van der Waals surface area contributed by atoms with Crippen LogP contribution < -0.4 is 10.6 Å². The highest BCUT2D eigenvalue weighted by molar-refractivity contribution is 5.54. The van der Waals surface area contributed by atoms with Crippen LogP contribution >= 0.6 is 0 Å². The zero-order valence-corrected chi connectivity index (χ0v) is 12.0. The molecule has 0 aromatic carbocycles. The van der Waals surface area contributed by atoms with E-state index in [4.69, 9.17) is 0 Å². The Morgan fingerprint density at radius 1 is 1.16 bits per heavy atom. The van der Waals surface area contributed by atoms with Crippen LogP contribution in [0.2, 0.25) is 0 Å². The average Bonchev–Trinajstić information content (AvgIpc) is 2.62. The van der Waals surface area contributed by atoms with Gasteiger partial charge in [-0.05, 0) is 26.8 Å². The fourth-order valence-electron chi connectivity index (χ4n) is 2.10. The van der Waals surface area contributed by atoms with Crippen molar-refractivity contribution >= 4 is 11.4 Å². The minimum Gasteiger partial charge on any atom is -0.384 e. The van der Waals surface area contributed by atoms with Crippen molar-refractivity contribution in [2.45, 2.75) is 27.3 Å². The maximum atomic E-state index is 4.42. The fourth-order valence-corrected chi connectivity index (χ4v) is 2.10. The Hall–Kier alpha value is -2.04. The number of nitrogens with zero attached hydrogens (tertiary/aromatic N) is 3. The molecule has 2 aromatic heterocycles. The first kappa shape index (κ1) is 13.4. The van der Waals surface area contributed by atoms with Gasteiger partial charge in [0.15, 0.2) is 0 Å². The van der Waals surface area contributed by atoms with Gasteiger partial charge in [0.25, 0.3) is 0 Å². The van der Waals surface area contributed by atoms with Gasteiger partial charge in [0, 0.05) is 31.4 Å². The number of pyridine rings is 1. The summed E-state index contributed by atoms with van der Waals surface area (Å²) in [5, 5.41) is 11.1. The largest absolute Gasteiger partial charge is 0.384 e. The molecule has 2 rings (SSSR count). The van der Waals surface area contributed by atoms with E-state index >= 15 is 0 Å². The van der Waals surface area contributed by atoms with Gasteiger partial charge in [-0.15, -0.1) is 0 Å². The zero-order valence-electron chi connectivity index (χ0n) is 12.0.